The Bertz CT molecular complexity index is 612. The Labute approximate surface area is 130 Å². The summed E-state index contributed by atoms with van der Waals surface area (Å²) in [5, 5.41) is 3.36. The highest BCUT2D eigenvalue weighted by Gasteiger charge is 2.35. The molecule has 2 aromatic rings. The van der Waals surface area contributed by atoms with Gasteiger partial charge >= 0.3 is 6.03 Å². The van der Waals surface area contributed by atoms with Crippen LogP contribution in [0.2, 0.25) is 5.02 Å². The molecule has 0 radical (unpaired) electrons. The van der Waals surface area contributed by atoms with Gasteiger partial charge in [0.25, 0.3) is 0 Å². The maximum atomic E-state index is 12.2. The molecule has 0 saturated heterocycles. The van der Waals surface area contributed by atoms with Gasteiger partial charge in [0.15, 0.2) is 0 Å². The summed E-state index contributed by atoms with van der Waals surface area (Å²) in [7, 11) is 3.42. The molecule has 1 N–H and O–H groups in total. The first-order chi connectivity index (χ1) is 10.00. The minimum absolute atomic E-state index is 0.142. The van der Waals surface area contributed by atoms with E-state index in [1.54, 1.807) is 19.0 Å². The van der Waals surface area contributed by atoms with Gasteiger partial charge in [0.05, 0.1) is 5.54 Å². The van der Waals surface area contributed by atoms with E-state index in [9.17, 15) is 4.79 Å². The fraction of sp³-hybridized carbons (Fsp3) is 0.235. The second kappa shape index (κ2) is 6.19. The molecule has 2 aromatic carbocycles. The lowest BCUT2D eigenvalue weighted by molar-refractivity contribution is 0.168. The third-order valence-electron chi connectivity index (χ3n) is 3.93. The monoisotopic (exact) mass is 302 g/mol. The second-order valence-corrected chi connectivity index (χ2v) is 5.50. The lowest BCUT2D eigenvalue weighted by Gasteiger charge is -2.39. The van der Waals surface area contributed by atoms with Crippen LogP contribution in [0.15, 0.2) is 54.6 Å². The van der Waals surface area contributed by atoms with E-state index in [1.165, 1.54) is 0 Å². The van der Waals surface area contributed by atoms with E-state index >= 15 is 0 Å². The highest BCUT2D eigenvalue weighted by molar-refractivity contribution is 6.30. The van der Waals surface area contributed by atoms with Gasteiger partial charge in [-0.15, -0.1) is 0 Å². The van der Waals surface area contributed by atoms with Gasteiger partial charge in [0, 0.05) is 19.1 Å². The molecule has 0 heterocycles. The molecule has 1 atom stereocenters. The van der Waals surface area contributed by atoms with Gasteiger partial charge in [0.2, 0.25) is 0 Å². The number of carbonyl (C=O) groups excluding carboxylic acids is 1. The van der Waals surface area contributed by atoms with Gasteiger partial charge < -0.3 is 10.2 Å². The van der Waals surface area contributed by atoms with E-state index in [0.717, 1.165) is 11.1 Å². The second-order valence-electron chi connectivity index (χ2n) is 5.06. The summed E-state index contributed by atoms with van der Waals surface area (Å²) in [6.07, 6.45) is 0. The van der Waals surface area contributed by atoms with Crippen molar-refractivity contribution in [3.8, 4) is 0 Å². The van der Waals surface area contributed by atoms with Gasteiger partial charge in [0.1, 0.15) is 0 Å². The summed E-state index contributed by atoms with van der Waals surface area (Å²) in [6.45, 7) is 2.03. The Hall–Kier alpha value is -2.00. The predicted octanol–water partition coefficient (Wildman–Crippen LogP) is 3.87. The Kier molecular flexibility index (Phi) is 4.53. The van der Waals surface area contributed by atoms with Gasteiger partial charge in [-0.05, 0) is 30.2 Å². The summed E-state index contributed by atoms with van der Waals surface area (Å²) in [4.78, 5) is 13.9. The number of halogens is 1. The molecule has 2 rings (SSSR count). The molecule has 2 amide bonds. The number of benzene rings is 2. The molecule has 110 valence electrons. The van der Waals surface area contributed by atoms with E-state index in [2.05, 4.69) is 5.32 Å². The summed E-state index contributed by atoms with van der Waals surface area (Å²) in [5.41, 5.74) is 1.47. The lowest BCUT2D eigenvalue weighted by atomic mass is 9.83. The van der Waals surface area contributed by atoms with Crippen molar-refractivity contribution in [1.29, 1.82) is 0 Å². The molecule has 0 fully saturated rings. The van der Waals surface area contributed by atoms with Crippen LogP contribution in [0, 0.1) is 0 Å². The van der Waals surface area contributed by atoms with Crippen molar-refractivity contribution in [2.45, 2.75) is 12.5 Å². The van der Waals surface area contributed by atoms with Crippen molar-refractivity contribution in [3.63, 3.8) is 0 Å². The fourth-order valence-electron chi connectivity index (χ4n) is 2.46. The van der Waals surface area contributed by atoms with Crippen LogP contribution in [0.5, 0.6) is 0 Å². The van der Waals surface area contributed by atoms with Crippen LogP contribution in [-0.4, -0.2) is 25.0 Å². The predicted molar refractivity (Wildman–Crippen MR) is 86.6 cm³/mol. The first-order valence-corrected chi connectivity index (χ1v) is 7.15. The number of rotatable bonds is 3. The standard InChI is InChI=1S/C17H19ClN2O/c1-17(20(3)16(21)19-2,13-7-5-4-6-8-13)14-9-11-15(18)12-10-14/h4-12H,1-3H3,(H,19,21)/t17-/m1/s1. The number of hydrogen-bond donors (Lipinski definition) is 1. The third kappa shape index (κ3) is 2.88. The number of urea groups is 1. The van der Waals surface area contributed by atoms with Crippen molar-refractivity contribution in [1.82, 2.24) is 10.2 Å². The highest BCUT2D eigenvalue weighted by Crippen LogP contribution is 2.35. The number of hydrogen-bond acceptors (Lipinski definition) is 1. The SMILES string of the molecule is CNC(=O)N(C)[C@](C)(c1ccccc1)c1ccc(Cl)cc1. The zero-order chi connectivity index (χ0) is 15.5. The van der Waals surface area contributed by atoms with Gasteiger partial charge in [-0.3, -0.25) is 0 Å². The average Bonchev–Trinajstić information content (AvgIpc) is 2.54. The molecule has 0 spiro atoms. The molecular weight excluding hydrogens is 284 g/mol. The minimum atomic E-state index is -0.577. The van der Waals surface area contributed by atoms with Crippen LogP contribution >= 0.6 is 11.6 Å². The van der Waals surface area contributed by atoms with Gasteiger partial charge in [-0.2, -0.15) is 0 Å². The normalized spacial score (nSPS) is 13.3. The van der Waals surface area contributed by atoms with Crippen molar-refractivity contribution in [3.05, 3.63) is 70.7 Å². The van der Waals surface area contributed by atoms with Crippen LogP contribution in [0.4, 0.5) is 4.79 Å². The largest absolute Gasteiger partial charge is 0.341 e. The Morgan fingerprint density at radius 2 is 1.57 bits per heavy atom. The van der Waals surface area contributed by atoms with Gasteiger partial charge in [-0.1, -0.05) is 54.1 Å². The summed E-state index contributed by atoms with van der Waals surface area (Å²) >= 11 is 5.98. The van der Waals surface area contributed by atoms with Crippen LogP contribution in [0.3, 0.4) is 0 Å². The molecule has 4 heteroatoms. The Morgan fingerprint density at radius 1 is 1.05 bits per heavy atom. The number of amides is 2. The number of carbonyl (C=O) groups is 1. The molecule has 0 aliphatic rings. The topological polar surface area (TPSA) is 32.3 Å². The number of nitrogens with zero attached hydrogens (tertiary/aromatic N) is 1. The molecular formula is C17H19ClN2O. The van der Waals surface area contributed by atoms with E-state index in [4.69, 9.17) is 11.6 Å². The minimum Gasteiger partial charge on any atom is -0.341 e. The molecule has 0 aliphatic heterocycles. The van der Waals surface area contributed by atoms with Crippen LogP contribution in [-0.2, 0) is 5.54 Å². The lowest BCUT2D eigenvalue weighted by Crippen LogP contribution is -2.49. The molecule has 3 nitrogen and oxygen atoms in total. The summed E-state index contributed by atoms with van der Waals surface area (Å²) in [6, 6.07) is 17.4. The third-order valence-corrected chi connectivity index (χ3v) is 4.18. The molecule has 0 bridgehead atoms. The highest BCUT2D eigenvalue weighted by atomic mass is 35.5. The molecule has 0 aromatic heterocycles. The van der Waals surface area contributed by atoms with Crippen molar-refractivity contribution in [2.75, 3.05) is 14.1 Å². The van der Waals surface area contributed by atoms with Crippen LogP contribution < -0.4 is 5.32 Å². The first-order valence-electron chi connectivity index (χ1n) is 6.77. The fourth-order valence-corrected chi connectivity index (χ4v) is 2.59. The number of nitrogens with one attached hydrogen (secondary N) is 1. The molecule has 0 saturated carbocycles. The van der Waals surface area contributed by atoms with Crippen molar-refractivity contribution in [2.24, 2.45) is 0 Å². The quantitative estimate of drug-likeness (QED) is 0.917. The van der Waals surface area contributed by atoms with Crippen molar-refractivity contribution >= 4 is 17.6 Å². The van der Waals surface area contributed by atoms with E-state index < -0.39 is 5.54 Å². The van der Waals surface area contributed by atoms with E-state index in [0.29, 0.717) is 5.02 Å². The molecule has 0 unspecified atom stereocenters. The zero-order valence-electron chi connectivity index (χ0n) is 12.4. The van der Waals surface area contributed by atoms with Crippen molar-refractivity contribution < 1.29 is 4.79 Å². The molecule has 21 heavy (non-hydrogen) atoms. The Morgan fingerprint density at radius 3 is 2.10 bits per heavy atom. The summed E-state index contributed by atoms with van der Waals surface area (Å²) < 4.78 is 0. The smallest absolute Gasteiger partial charge is 0.317 e. The van der Waals surface area contributed by atoms with E-state index in [1.807, 2.05) is 61.5 Å². The maximum Gasteiger partial charge on any atom is 0.317 e. The molecule has 0 aliphatic carbocycles. The van der Waals surface area contributed by atoms with Crippen LogP contribution in [0.1, 0.15) is 18.1 Å². The average molecular weight is 303 g/mol. The first kappa shape index (κ1) is 15.4. The van der Waals surface area contributed by atoms with Gasteiger partial charge in [-0.25, -0.2) is 4.79 Å². The zero-order valence-corrected chi connectivity index (χ0v) is 13.2. The van der Waals surface area contributed by atoms with Crippen LogP contribution in [0.25, 0.3) is 0 Å². The summed E-state index contributed by atoms with van der Waals surface area (Å²) in [5.74, 6) is 0. The maximum absolute atomic E-state index is 12.2. The Balaban J connectivity index is 2.59. The van der Waals surface area contributed by atoms with E-state index in [-0.39, 0.29) is 6.03 Å².